The third kappa shape index (κ3) is 2.48. The van der Waals surface area contributed by atoms with E-state index in [2.05, 4.69) is 26.2 Å². The Hall–Kier alpha value is -1.95. The van der Waals surface area contributed by atoms with Crippen LogP contribution in [0.25, 0.3) is 0 Å². The molecule has 2 N–H and O–H groups in total. The maximum absolute atomic E-state index is 13.6. The Morgan fingerprint density at radius 2 is 2.11 bits per heavy atom. The SMILES string of the molecule is O=C(O)c1cccnc1Nc1c(F)cccc1Br. The normalized spacial score (nSPS) is 10.1. The number of carboxylic acid groups (broad SMARTS) is 1. The molecule has 1 aromatic heterocycles. The first-order chi connectivity index (χ1) is 8.59. The van der Waals surface area contributed by atoms with E-state index in [0.717, 1.165) is 0 Å². The minimum absolute atomic E-state index is 0.0207. The molecule has 0 radical (unpaired) electrons. The van der Waals surface area contributed by atoms with Crippen molar-refractivity contribution >= 4 is 33.4 Å². The second kappa shape index (κ2) is 5.14. The molecule has 4 nitrogen and oxygen atoms in total. The number of aromatic nitrogens is 1. The number of para-hydroxylation sites is 1. The number of nitrogens with zero attached hydrogens (tertiary/aromatic N) is 1. The van der Waals surface area contributed by atoms with Gasteiger partial charge >= 0.3 is 5.97 Å². The third-order valence-corrected chi connectivity index (χ3v) is 2.91. The summed E-state index contributed by atoms with van der Waals surface area (Å²) in [6.45, 7) is 0. The highest BCUT2D eigenvalue weighted by molar-refractivity contribution is 9.10. The molecule has 1 heterocycles. The van der Waals surface area contributed by atoms with Gasteiger partial charge in [-0.05, 0) is 40.2 Å². The molecule has 1 aromatic carbocycles. The zero-order valence-electron chi connectivity index (χ0n) is 9.02. The summed E-state index contributed by atoms with van der Waals surface area (Å²) in [7, 11) is 0. The predicted octanol–water partition coefficient (Wildman–Crippen LogP) is 3.43. The summed E-state index contributed by atoms with van der Waals surface area (Å²) in [5.41, 5.74) is 0.131. The Balaban J connectivity index is 2.43. The van der Waals surface area contributed by atoms with Gasteiger partial charge in [0, 0.05) is 10.7 Å². The van der Waals surface area contributed by atoms with E-state index in [-0.39, 0.29) is 17.1 Å². The maximum Gasteiger partial charge on any atom is 0.339 e. The van der Waals surface area contributed by atoms with Gasteiger partial charge in [-0.3, -0.25) is 0 Å². The van der Waals surface area contributed by atoms with Crippen LogP contribution in [0.3, 0.4) is 0 Å². The molecule has 2 rings (SSSR count). The van der Waals surface area contributed by atoms with Gasteiger partial charge in [0.1, 0.15) is 17.2 Å². The molecule has 0 spiro atoms. The van der Waals surface area contributed by atoms with Gasteiger partial charge in [-0.1, -0.05) is 6.07 Å². The molecule has 0 aliphatic carbocycles. The van der Waals surface area contributed by atoms with Crippen LogP contribution >= 0.6 is 15.9 Å². The Morgan fingerprint density at radius 1 is 1.33 bits per heavy atom. The summed E-state index contributed by atoms with van der Waals surface area (Å²) in [4.78, 5) is 14.9. The van der Waals surface area contributed by atoms with E-state index in [9.17, 15) is 9.18 Å². The molecular formula is C12H8BrFN2O2. The third-order valence-electron chi connectivity index (χ3n) is 2.24. The second-order valence-electron chi connectivity index (χ2n) is 3.43. The number of pyridine rings is 1. The number of anilines is 2. The molecule has 2 aromatic rings. The highest BCUT2D eigenvalue weighted by Gasteiger charge is 2.13. The molecule has 0 fully saturated rings. The van der Waals surface area contributed by atoms with Gasteiger partial charge in [-0.2, -0.15) is 0 Å². The standard InChI is InChI=1S/C12H8BrFN2O2/c13-8-4-1-5-9(14)10(8)16-11-7(12(17)18)3-2-6-15-11/h1-6H,(H,15,16)(H,17,18). The van der Waals surface area contributed by atoms with Crippen molar-refractivity contribution in [3.8, 4) is 0 Å². The van der Waals surface area contributed by atoms with Crippen molar-refractivity contribution in [2.24, 2.45) is 0 Å². The lowest BCUT2D eigenvalue weighted by Gasteiger charge is -2.10. The Kier molecular flexibility index (Phi) is 3.57. The van der Waals surface area contributed by atoms with E-state index >= 15 is 0 Å². The van der Waals surface area contributed by atoms with E-state index in [0.29, 0.717) is 4.47 Å². The number of aromatic carboxylic acids is 1. The summed E-state index contributed by atoms with van der Waals surface area (Å²) in [6, 6.07) is 7.36. The van der Waals surface area contributed by atoms with E-state index in [4.69, 9.17) is 5.11 Å². The fourth-order valence-electron chi connectivity index (χ4n) is 1.41. The summed E-state index contributed by atoms with van der Waals surface area (Å²) in [5.74, 6) is -1.53. The molecule has 0 unspecified atom stereocenters. The van der Waals surface area contributed by atoms with E-state index in [1.54, 1.807) is 12.1 Å². The zero-order valence-corrected chi connectivity index (χ0v) is 10.6. The summed E-state index contributed by atoms with van der Waals surface area (Å²) in [5, 5.41) is 11.7. The van der Waals surface area contributed by atoms with Crippen LogP contribution in [0.4, 0.5) is 15.9 Å². The van der Waals surface area contributed by atoms with Crippen molar-refractivity contribution in [1.82, 2.24) is 4.98 Å². The number of carbonyl (C=O) groups is 1. The fraction of sp³-hybridized carbons (Fsp3) is 0. The monoisotopic (exact) mass is 310 g/mol. The topological polar surface area (TPSA) is 62.2 Å². The van der Waals surface area contributed by atoms with Gasteiger partial charge in [0.2, 0.25) is 0 Å². The number of carboxylic acids is 1. The molecular weight excluding hydrogens is 303 g/mol. The summed E-state index contributed by atoms with van der Waals surface area (Å²) in [6.07, 6.45) is 1.43. The zero-order chi connectivity index (χ0) is 13.1. The molecule has 0 aliphatic rings. The lowest BCUT2D eigenvalue weighted by Crippen LogP contribution is -2.05. The first kappa shape index (κ1) is 12.5. The van der Waals surface area contributed by atoms with Gasteiger partial charge in [-0.15, -0.1) is 0 Å². The van der Waals surface area contributed by atoms with Crippen LogP contribution in [0, 0.1) is 5.82 Å². The predicted molar refractivity (Wildman–Crippen MR) is 68.6 cm³/mol. The number of halogens is 2. The molecule has 92 valence electrons. The molecule has 0 saturated carbocycles. The lowest BCUT2D eigenvalue weighted by atomic mass is 10.2. The fourth-order valence-corrected chi connectivity index (χ4v) is 1.85. The van der Waals surface area contributed by atoms with Gasteiger partial charge in [0.05, 0.1) is 5.69 Å². The van der Waals surface area contributed by atoms with E-state index in [1.165, 1.54) is 24.4 Å². The molecule has 6 heteroatoms. The number of hydrogen-bond donors (Lipinski definition) is 2. The van der Waals surface area contributed by atoms with Crippen LogP contribution in [-0.2, 0) is 0 Å². The van der Waals surface area contributed by atoms with Crippen molar-refractivity contribution < 1.29 is 14.3 Å². The highest BCUT2D eigenvalue weighted by Crippen LogP contribution is 2.28. The Labute approximate surface area is 111 Å². The van der Waals surface area contributed by atoms with Gasteiger partial charge in [0.15, 0.2) is 0 Å². The van der Waals surface area contributed by atoms with Crippen molar-refractivity contribution in [3.63, 3.8) is 0 Å². The second-order valence-corrected chi connectivity index (χ2v) is 4.28. The van der Waals surface area contributed by atoms with Gasteiger partial charge in [-0.25, -0.2) is 14.2 Å². The van der Waals surface area contributed by atoms with Crippen molar-refractivity contribution in [3.05, 3.63) is 52.4 Å². The van der Waals surface area contributed by atoms with Crippen molar-refractivity contribution in [1.29, 1.82) is 0 Å². The Morgan fingerprint density at radius 3 is 2.78 bits per heavy atom. The smallest absolute Gasteiger partial charge is 0.339 e. The number of hydrogen-bond acceptors (Lipinski definition) is 3. The molecule has 0 amide bonds. The molecule has 0 bridgehead atoms. The summed E-state index contributed by atoms with van der Waals surface area (Å²) < 4.78 is 14.1. The minimum atomic E-state index is -1.13. The van der Waals surface area contributed by atoms with Crippen LogP contribution in [-0.4, -0.2) is 16.1 Å². The molecule has 18 heavy (non-hydrogen) atoms. The van der Waals surface area contributed by atoms with Crippen LogP contribution in [0.15, 0.2) is 41.0 Å². The highest BCUT2D eigenvalue weighted by atomic mass is 79.9. The number of nitrogens with one attached hydrogen (secondary N) is 1. The molecule has 0 atom stereocenters. The van der Waals surface area contributed by atoms with Crippen molar-refractivity contribution in [2.75, 3.05) is 5.32 Å². The van der Waals surface area contributed by atoms with E-state index in [1.807, 2.05) is 0 Å². The Bertz CT molecular complexity index is 584. The van der Waals surface area contributed by atoms with Crippen LogP contribution in [0.2, 0.25) is 0 Å². The number of benzene rings is 1. The number of rotatable bonds is 3. The molecule has 0 saturated heterocycles. The maximum atomic E-state index is 13.6. The first-order valence-electron chi connectivity index (χ1n) is 4.99. The van der Waals surface area contributed by atoms with Crippen LogP contribution in [0.5, 0.6) is 0 Å². The van der Waals surface area contributed by atoms with Crippen molar-refractivity contribution in [2.45, 2.75) is 0 Å². The largest absolute Gasteiger partial charge is 0.478 e. The minimum Gasteiger partial charge on any atom is -0.478 e. The lowest BCUT2D eigenvalue weighted by molar-refractivity contribution is 0.0697. The van der Waals surface area contributed by atoms with Gasteiger partial charge in [0.25, 0.3) is 0 Å². The average Bonchev–Trinajstić information content (AvgIpc) is 2.34. The average molecular weight is 311 g/mol. The van der Waals surface area contributed by atoms with Gasteiger partial charge < -0.3 is 10.4 Å². The van der Waals surface area contributed by atoms with E-state index < -0.39 is 11.8 Å². The quantitative estimate of drug-likeness (QED) is 0.911. The first-order valence-corrected chi connectivity index (χ1v) is 5.78. The van der Waals surface area contributed by atoms with Crippen LogP contribution in [0.1, 0.15) is 10.4 Å². The summed E-state index contributed by atoms with van der Waals surface area (Å²) >= 11 is 3.19. The van der Waals surface area contributed by atoms with Crippen LogP contribution < -0.4 is 5.32 Å². The molecule has 0 aliphatic heterocycles.